The standard InChI is InChI=1S/C16H16N4O3/c21-15(14-6-8-23-19-14)18-16-13(5-7-22-16)11-9-17-20(10-11)12-3-1-2-4-12/h5-10,12H,1-4H2,(H,18,21). The lowest BCUT2D eigenvalue weighted by atomic mass is 10.2. The second-order valence-electron chi connectivity index (χ2n) is 5.65. The van der Waals surface area contributed by atoms with E-state index in [9.17, 15) is 4.79 Å². The fraction of sp³-hybridized carbons (Fsp3) is 0.312. The van der Waals surface area contributed by atoms with Gasteiger partial charge in [-0.2, -0.15) is 5.10 Å². The number of carbonyl (C=O) groups excluding carboxylic acids is 1. The molecule has 23 heavy (non-hydrogen) atoms. The van der Waals surface area contributed by atoms with Crippen LogP contribution in [0.2, 0.25) is 0 Å². The zero-order valence-electron chi connectivity index (χ0n) is 12.4. The van der Waals surface area contributed by atoms with Crippen molar-refractivity contribution in [2.75, 3.05) is 5.32 Å². The Labute approximate surface area is 132 Å². The van der Waals surface area contributed by atoms with E-state index in [4.69, 9.17) is 4.42 Å². The van der Waals surface area contributed by atoms with Crippen molar-refractivity contribution in [2.45, 2.75) is 31.7 Å². The van der Waals surface area contributed by atoms with Crippen LogP contribution in [0.25, 0.3) is 11.1 Å². The fourth-order valence-corrected chi connectivity index (χ4v) is 2.98. The number of hydrogen-bond donors (Lipinski definition) is 1. The van der Waals surface area contributed by atoms with Gasteiger partial charge in [0.15, 0.2) is 5.69 Å². The molecule has 0 saturated heterocycles. The summed E-state index contributed by atoms with van der Waals surface area (Å²) in [6.45, 7) is 0. The molecule has 3 aromatic rings. The molecule has 0 unspecified atom stereocenters. The minimum Gasteiger partial charge on any atom is -0.448 e. The zero-order valence-corrected chi connectivity index (χ0v) is 12.4. The molecular formula is C16H16N4O3. The highest BCUT2D eigenvalue weighted by Gasteiger charge is 2.20. The van der Waals surface area contributed by atoms with E-state index in [1.54, 1.807) is 12.5 Å². The molecule has 118 valence electrons. The van der Waals surface area contributed by atoms with Gasteiger partial charge in [0.2, 0.25) is 5.88 Å². The van der Waals surface area contributed by atoms with Crippen LogP contribution in [0.5, 0.6) is 0 Å². The molecule has 1 aliphatic carbocycles. The second-order valence-corrected chi connectivity index (χ2v) is 5.65. The summed E-state index contributed by atoms with van der Waals surface area (Å²) >= 11 is 0. The molecule has 0 spiro atoms. The number of amides is 1. The van der Waals surface area contributed by atoms with Crippen LogP contribution < -0.4 is 5.32 Å². The highest BCUT2D eigenvalue weighted by Crippen LogP contribution is 2.33. The van der Waals surface area contributed by atoms with Crippen molar-refractivity contribution in [1.29, 1.82) is 0 Å². The van der Waals surface area contributed by atoms with Crippen LogP contribution in [0.4, 0.5) is 5.88 Å². The maximum absolute atomic E-state index is 12.1. The van der Waals surface area contributed by atoms with Crippen molar-refractivity contribution < 1.29 is 13.7 Å². The lowest BCUT2D eigenvalue weighted by Crippen LogP contribution is -2.12. The summed E-state index contributed by atoms with van der Waals surface area (Å²) in [5.74, 6) is 0.00195. The molecule has 1 N–H and O–H groups in total. The minimum atomic E-state index is -0.377. The average Bonchev–Trinajstić information content (AvgIpc) is 3.31. The summed E-state index contributed by atoms with van der Waals surface area (Å²) < 4.78 is 12.1. The van der Waals surface area contributed by atoms with Gasteiger partial charge >= 0.3 is 0 Å². The molecule has 1 aliphatic rings. The van der Waals surface area contributed by atoms with Gasteiger partial charge in [-0.25, -0.2) is 0 Å². The van der Waals surface area contributed by atoms with Crippen molar-refractivity contribution in [1.82, 2.24) is 14.9 Å². The van der Waals surface area contributed by atoms with Crippen LogP contribution >= 0.6 is 0 Å². The van der Waals surface area contributed by atoms with Gasteiger partial charge in [0.25, 0.3) is 5.91 Å². The van der Waals surface area contributed by atoms with Crippen molar-refractivity contribution in [3.8, 4) is 11.1 Å². The van der Waals surface area contributed by atoms with Gasteiger partial charge in [-0.3, -0.25) is 14.8 Å². The predicted molar refractivity (Wildman–Crippen MR) is 81.9 cm³/mol. The number of furan rings is 1. The Balaban J connectivity index is 1.56. The van der Waals surface area contributed by atoms with E-state index < -0.39 is 0 Å². The molecule has 4 rings (SSSR count). The molecule has 7 nitrogen and oxygen atoms in total. The van der Waals surface area contributed by atoms with Crippen molar-refractivity contribution >= 4 is 11.8 Å². The Kier molecular flexibility index (Phi) is 3.45. The smallest absolute Gasteiger partial charge is 0.280 e. The average molecular weight is 312 g/mol. The Morgan fingerprint density at radius 1 is 1.26 bits per heavy atom. The van der Waals surface area contributed by atoms with E-state index in [1.165, 1.54) is 38.0 Å². The van der Waals surface area contributed by atoms with Crippen LogP contribution in [0.3, 0.4) is 0 Å². The van der Waals surface area contributed by atoms with E-state index >= 15 is 0 Å². The first-order valence-electron chi connectivity index (χ1n) is 7.65. The Morgan fingerprint density at radius 3 is 2.91 bits per heavy atom. The first kappa shape index (κ1) is 13.8. The van der Waals surface area contributed by atoms with Gasteiger partial charge < -0.3 is 8.94 Å². The zero-order chi connectivity index (χ0) is 15.6. The molecule has 0 bridgehead atoms. The van der Waals surface area contributed by atoms with Crippen LogP contribution in [0.1, 0.15) is 42.2 Å². The third-order valence-electron chi connectivity index (χ3n) is 4.17. The van der Waals surface area contributed by atoms with E-state index in [-0.39, 0.29) is 11.6 Å². The van der Waals surface area contributed by atoms with Gasteiger partial charge in [0.1, 0.15) is 6.26 Å². The summed E-state index contributed by atoms with van der Waals surface area (Å²) in [4.78, 5) is 12.1. The monoisotopic (exact) mass is 312 g/mol. The van der Waals surface area contributed by atoms with Crippen molar-refractivity contribution in [3.05, 3.63) is 42.7 Å². The van der Waals surface area contributed by atoms with Crippen LogP contribution in [-0.4, -0.2) is 20.8 Å². The molecule has 1 fully saturated rings. The highest BCUT2D eigenvalue weighted by atomic mass is 16.5. The number of carbonyl (C=O) groups is 1. The Morgan fingerprint density at radius 2 is 2.13 bits per heavy atom. The van der Waals surface area contributed by atoms with Gasteiger partial charge in [-0.05, 0) is 18.9 Å². The quantitative estimate of drug-likeness (QED) is 0.796. The number of anilines is 1. The molecule has 3 heterocycles. The SMILES string of the molecule is O=C(Nc1occc1-c1cnn(C2CCCC2)c1)c1ccon1. The lowest BCUT2D eigenvalue weighted by molar-refractivity contribution is 0.101. The summed E-state index contributed by atoms with van der Waals surface area (Å²) in [5, 5.41) is 10.8. The van der Waals surface area contributed by atoms with E-state index in [2.05, 4.69) is 20.1 Å². The Bertz CT molecular complexity index is 797. The van der Waals surface area contributed by atoms with Gasteiger partial charge in [0, 0.05) is 23.4 Å². The van der Waals surface area contributed by atoms with Gasteiger partial charge in [0.05, 0.1) is 18.5 Å². The molecular weight excluding hydrogens is 296 g/mol. The largest absolute Gasteiger partial charge is 0.448 e. The van der Waals surface area contributed by atoms with E-state index in [1.807, 2.05) is 16.9 Å². The first-order valence-corrected chi connectivity index (χ1v) is 7.65. The van der Waals surface area contributed by atoms with E-state index in [0.29, 0.717) is 11.9 Å². The number of nitrogens with zero attached hydrogens (tertiary/aromatic N) is 3. The summed E-state index contributed by atoms with van der Waals surface area (Å²) in [6, 6.07) is 3.79. The third-order valence-corrected chi connectivity index (χ3v) is 4.17. The summed E-state index contributed by atoms with van der Waals surface area (Å²) in [6.07, 6.45) is 11.5. The summed E-state index contributed by atoms with van der Waals surface area (Å²) in [5.41, 5.74) is 1.92. The van der Waals surface area contributed by atoms with Crippen LogP contribution in [0.15, 0.2) is 46.0 Å². The molecule has 1 amide bonds. The summed E-state index contributed by atoms with van der Waals surface area (Å²) in [7, 11) is 0. The van der Waals surface area contributed by atoms with Crippen LogP contribution in [-0.2, 0) is 0 Å². The van der Waals surface area contributed by atoms with Crippen molar-refractivity contribution in [3.63, 3.8) is 0 Å². The molecule has 3 aromatic heterocycles. The predicted octanol–water partition coefficient (Wildman–Crippen LogP) is 3.50. The third kappa shape index (κ3) is 2.65. The topological polar surface area (TPSA) is 86.1 Å². The second kappa shape index (κ2) is 5.75. The fourth-order valence-electron chi connectivity index (χ4n) is 2.98. The number of rotatable bonds is 4. The van der Waals surface area contributed by atoms with Crippen LogP contribution in [0, 0.1) is 0 Å². The minimum absolute atomic E-state index is 0.203. The first-order chi connectivity index (χ1) is 11.3. The highest BCUT2D eigenvalue weighted by molar-refractivity contribution is 6.03. The molecule has 0 aliphatic heterocycles. The lowest BCUT2D eigenvalue weighted by Gasteiger charge is -2.08. The number of hydrogen-bond acceptors (Lipinski definition) is 5. The maximum atomic E-state index is 12.1. The molecule has 1 saturated carbocycles. The molecule has 0 atom stereocenters. The normalized spacial score (nSPS) is 15.1. The Hall–Kier alpha value is -2.83. The van der Waals surface area contributed by atoms with Gasteiger partial charge in [-0.15, -0.1) is 0 Å². The molecule has 0 aromatic carbocycles. The maximum Gasteiger partial charge on any atom is 0.280 e. The number of aromatic nitrogens is 3. The van der Waals surface area contributed by atoms with Crippen molar-refractivity contribution in [2.24, 2.45) is 0 Å². The van der Waals surface area contributed by atoms with E-state index in [0.717, 1.165) is 11.1 Å². The molecule has 7 heteroatoms. The van der Waals surface area contributed by atoms with Gasteiger partial charge in [-0.1, -0.05) is 18.0 Å². The number of nitrogens with one attached hydrogen (secondary N) is 1. The molecule has 0 radical (unpaired) electrons.